The van der Waals surface area contributed by atoms with Crippen LogP contribution in [0.3, 0.4) is 0 Å². The molecule has 0 saturated carbocycles. The third kappa shape index (κ3) is 4.24. The molecule has 0 spiro atoms. The van der Waals surface area contributed by atoms with Gasteiger partial charge in [0.05, 0.1) is 6.26 Å². The van der Waals surface area contributed by atoms with Crippen LogP contribution >= 0.6 is 0 Å². The zero-order valence-electron chi connectivity index (χ0n) is 11.8. The van der Waals surface area contributed by atoms with E-state index in [0.717, 1.165) is 30.4 Å². The number of rotatable bonds is 8. The van der Waals surface area contributed by atoms with E-state index < -0.39 is 0 Å². The average Bonchev–Trinajstić information content (AvgIpc) is 2.98. The first kappa shape index (κ1) is 14.3. The molecule has 0 amide bonds. The first-order valence-electron chi connectivity index (χ1n) is 6.71. The highest BCUT2D eigenvalue weighted by Gasteiger charge is 2.04. The fourth-order valence-electron chi connectivity index (χ4n) is 1.74. The number of nitrogens with zero attached hydrogens (tertiary/aromatic N) is 2. The SMILES string of the molecule is CCOCc1nc(NC)cc(NCCc2ccco2)n1. The molecule has 0 unspecified atom stereocenters. The molecule has 2 heterocycles. The highest BCUT2D eigenvalue weighted by molar-refractivity contribution is 5.47. The minimum Gasteiger partial charge on any atom is -0.469 e. The van der Waals surface area contributed by atoms with Crippen molar-refractivity contribution >= 4 is 11.6 Å². The van der Waals surface area contributed by atoms with Crippen LogP contribution in [-0.2, 0) is 17.8 Å². The van der Waals surface area contributed by atoms with Gasteiger partial charge in [-0.1, -0.05) is 0 Å². The smallest absolute Gasteiger partial charge is 0.158 e. The Labute approximate surface area is 118 Å². The van der Waals surface area contributed by atoms with Crippen LogP contribution in [0, 0.1) is 0 Å². The van der Waals surface area contributed by atoms with Crippen molar-refractivity contribution in [3.63, 3.8) is 0 Å². The van der Waals surface area contributed by atoms with Gasteiger partial charge in [0.25, 0.3) is 0 Å². The van der Waals surface area contributed by atoms with E-state index >= 15 is 0 Å². The lowest BCUT2D eigenvalue weighted by atomic mass is 10.3. The summed E-state index contributed by atoms with van der Waals surface area (Å²) in [7, 11) is 1.83. The van der Waals surface area contributed by atoms with E-state index in [1.807, 2.05) is 32.2 Å². The molecule has 0 aliphatic heterocycles. The predicted octanol–water partition coefficient (Wildman–Crippen LogP) is 2.30. The number of hydrogen-bond acceptors (Lipinski definition) is 6. The van der Waals surface area contributed by atoms with Gasteiger partial charge in [-0.15, -0.1) is 0 Å². The molecule has 0 saturated heterocycles. The number of ether oxygens (including phenoxy) is 1. The van der Waals surface area contributed by atoms with Gasteiger partial charge < -0.3 is 19.8 Å². The Morgan fingerprint density at radius 2 is 2.15 bits per heavy atom. The molecule has 2 N–H and O–H groups in total. The fourth-order valence-corrected chi connectivity index (χ4v) is 1.74. The quantitative estimate of drug-likeness (QED) is 0.771. The minimum atomic E-state index is 0.416. The lowest BCUT2D eigenvalue weighted by Crippen LogP contribution is -2.10. The largest absolute Gasteiger partial charge is 0.469 e. The second-order valence-corrected chi connectivity index (χ2v) is 4.20. The summed E-state index contributed by atoms with van der Waals surface area (Å²) < 4.78 is 10.6. The maximum atomic E-state index is 5.34. The molecule has 0 fully saturated rings. The third-order valence-electron chi connectivity index (χ3n) is 2.72. The lowest BCUT2D eigenvalue weighted by molar-refractivity contribution is 0.128. The van der Waals surface area contributed by atoms with E-state index in [1.54, 1.807) is 6.26 Å². The molecule has 2 aromatic heterocycles. The van der Waals surface area contributed by atoms with Crippen molar-refractivity contribution in [3.8, 4) is 0 Å². The van der Waals surface area contributed by atoms with E-state index in [0.29, 0.717) is 19.0 Å². The predicted molar refractivity (Wildman–Crippen MR) is 77.8 cm³/mol. The van der Waals surface area contributed by atoms with Gasteiger partial charge in [0, 0.05) is 32.7 Å². The molecule has 2 aromatic rings. The summed E-state index contributed by atoms with van der Waals surface area (Å²) in [5.41, 5.74) is 0. The maximum absolute atomic E-state index is 5.34. The average molecular weight is 276 g/mol. The molecular formula is C14H20N4O2. The number of furan rings is 1. The van der Waals surface area contributed by atoms with Crippen molar-refractivity contribution in [2.45, 2.75) is 20.0 Å². The number of nitrogens with one attached hydrogen (secondary N) is 2. The molecule has 6 heteroatoms. The Morgan fingerprint density at radius 3 is 2.85 bits per heavy atom. The molecule has 2 rings (SSSR count). The maximum Gasteiger partial charge on any atom is 0.158 e. The van der Waals surface area contributed by atoms with Crippen molar-refractivity contribution in [2.75, 3.05) is 30.8 Å². The Morgan fingerprint density at radius 1 is 1.30 bits per heavy atom. The fraction of sp³-hybridized carbons (Fsp3) is 0.429. The van der Waals surface area contributed by atoms with Crippen molar-refractivity contribution in [2.24, 2.45) is 0 Å². The van der Waals surface area contributed by atoms with Gasteiger partial charge in [-0.05, 0) is 19.1 Å². The van der Waals surface area contributed by atoms with Crippen LogP contribution in [0.1, 0.15) is 18.5 Å². The standard InChI is InChI=1S/C14H20N4O2/c1-3-19-10-14-17-12(15-2)9-13(18-14)16-7-6-11-5-4-8-20-11/h4-5,8-9H,3,6-7,10H2,1-2H3,(H2,15,16,17,18). The monoisotopic (exact) mass is 276 g/mol. The molecule has 108 valence electrons. The number of hydrogen-bond donors (Lipinski definition) is 2. The summed E-state index contributed by atoms with van der Waals surface area (Å²) in [5.74, 6) is 3.18. The van der Waals surface area contributed by atoms with Gasteiger partial charge in [0.2, 0.25) is 0 Å². The van der Waals surface area contributed by atoms with Gasteiger partial charge in [-0.2, -0.15) is 0 Å². The van der Waals surface area contributed by atoms with Crippen LogP contribution in [-0.4, -0.2) is 30.2 Å². The van der Waals surface area contributed by atoms with Crippen LogP contribution in [0.5, 0.6) is 0 Å². The van der Waals surface area contributed by atoms with Crippen molar-refractivity contribution in [1.29, 1.82) is 0 Å². The van der Waals surface area contributed by atoms with E-state index in [2.05, 4.69) is 20.6 Å². The van der Waals surface area contributed by atoms with E-state index in [9.17, 15) is 0 Å². The normalized spacial score (nSPS) is 10.5. The number of anilines is 2. The molecule has 20 heavy (non-hydrogen) atoms. The van der Waals surface area contributed by atoms with Crippen LogP contribution in [0.15, 0.2) is 28.9 Å². The summed E-state index contributed by atoms with van der Waals surface area (Å²) in [5, 5.41) is 6.29. The van der Waals surface area contributed by atoms with E-state index in [-0.39, 0.29) is 0 Å². The van der Waals surface area contributed by atoms with E-state index in [1.165, 1.54) is 0 Å². The molecule has 6 nitrogen and oxygen atoms in total. The molecule has 0 radical (unpaired) electrons. The first-order chi connectivity index (χ1) is 9.81. The zero-order valence-corrected chi connectivity index (χ0v) is 11.8. The lowest BCUT2D eigenvalue weighted by Gasteiger charge is -2.09. The number of aromatic nitrogens is 2. The van der Waals surface area contributed by atoms with Gasteiger partial charge in [-0.25, -0.2) is 9.97 Å². The van der Waals surface area contributed by atoms with E-state index in [4.69, 9.17) is 9.15 Å². The van der Waals surface area contributed by atoms with Gasteiger partial charge in [-0.3, -0.25) is 0 Å². The van der Waals surface area contributed by atoms with Crippen LogP contribution in [0.2, 0.25) is 0 Å². The summed E-state index contributed by atoms with van der Waals surface area (Å²) in [6.07, 6.45) is 2.49. The zero-order chi connectivity index (χ0) is 14.2. The summed E-state index contributed by atoms with van der Waals surface area (Å²) in [6, 6.07) is 5.72. The minimum absolute atomic E-state index is 0.416. The van der Waals surface area contributed by atoms with Crippen molar-refractivity contribution < 1.29 is 9.15 Å². The van der Waals surface area contributed by atoms with Gasteiger partial charge in [0.15, 0.2) is 5.82 Å². The third-order valence-corrected chi connectivity index (χ3v) is 2.72. The Hall–Kier alpha value is -2.08. The van der Waals surface area contributed by atoms with Crippen molar-refractivity contribution in [3.05, 3.63) is 36.0 Å². The summed E-state index contributed by atoms with van der Waals surface area (Å²) >= 11 is 0. The van der Waals surface area contributed by atoms with Gasteiger partial charge >= 0.3 is 0 Å². The highest BCUT2D eigenvalue weighted by atomic mass is 16.5. The molecule has 0 atom stereocenters. The summed E-state index contributed by atoms with van der Waals surface area (Å²) in [6.45, 7) is 3.76. The summed E-state index contributed by atoms with van der Waals surface area (Å²) in [4.78, 5) is 8.76. The Kier molecular flexibility index (Phi) is 5.37. The van der Waals surface area contributed by atoms with Crippen LogP contribution in [0.4, 0.5) is 11.6 Å². The van der Waals surface area contributed by atoms with Crippen LogP contribution < -0.4 is 10.6 Å². The molecular weight excluding hydrogens is 256 g/mol. The molecule has 0 aliphatic carbocycles. The Bertz CT molecular complexity index is 514. The second kappa shape index (κ2) is 7.49. The Balaban J connectivity index is 1.94. The first-order valence-corrected chi connectivity index (χ1v) is 6.71. The highest BCUT2D eigenvalue weighted by Crippen LogP contribution is 2.12. The second-order valence-electron chi connectivity index (χ2n) is 4.20. The molecule has 0 bridgehead atoms. The van der Waals surface area contributed by atoms with Crippen molar-refractivity contribution in [1.82, 2.24) is 9.97 Å². The molecule has 0 aromatic carbocycles. The van der Waals surface area contributed by atoms with Crippen LogP contribution in [0.25, 0.3) is 0 Å². The molecule has 0 aliphatic rings. The van der Waals surface area contributed by atoms with Gasteiger partial charge in [0.1, 0.15) is 24.0 Å². The topological polar surface area (TPSA) is 72.2 Å².